The summed E-state index contributed by atoms with van der Waals surface area (Å²) in [5.41, 5.74) is 0.466. The number of likely N-dealkylation sites (N-methyl/N-ethyl adjacent to an activating group) is 1. The number of rotatable bonds is 6. The second-order valence-corrected chi connectivity index (χ2v) is 3.67. The molecule has 0 aliphatic carbocycles. The molecule has 0 saturated heterocycles. The fourth-order valence-electron chi connectivity index (χ4n) is 1.67. The number of benzene rings is 1. The molecule has 0 bridgehead atoms. The van der Waals surface area contributed by atoms with Crippen molar-refractivity contribution in [2.24, 2.45) is 0 Å². The molecule has 5 heteroatoms. The molecule has 0 atom stereocenters. The summed E-state index contributed by atoms with van der Waals surface area (Å²) >= 11 is 0. The number of hydrogen-bond donors (Lipinski definition) is 1. The van der Waals surface area contributed by atoms with Crippen molar-refractivity contribution >= 4 is 5.91 Å². The lowest BCUT2D eigenvalue weighted by molar-refractivity contribution is 0.0728. The van der Waals surface area contributed by atoms with Crippen molar-refractivity contribution in [1.82, 2.24) is 4.90 Å². The highest BCUT2D eigenvalue weighted by atomic mass is 16.5. The SMILES string of the molecule is CCN(CCO)C(=O)c1ccc(OC)cc1OC. The summed E-state index contributed by atoms with van der Waals surface area (Å²) in [4.78, 5) is 13.8. The van der Waals surface area contributed by atoms with Gasteiger partial charge in [-0.3, -0.25) is 4.79 Å². The van der Waals surface area contributed by atoms with Gasteiger partial charge in [-0.15, -0.1) is 0 Å². The van der Waals surface area contributed by atoms with Gasteiger partial charge >= 0.3 is 0 Å². The lowest BCUT2D eigenvalue weighted by Gasteiger charge is -2.21. The van der Waals surface area contributed by atoms with E-state index in [9.17, 15) is 4.79 Å². The smallest absolute Gasteiger partial charge is 0.257 e. The lowest BCUT2D eigenvalue weighted by Crippen LogP contribution is -2.33. The molecular weight excluding hydrogens is 234 g/mol. The van der Waals surface area contributed by atoms with E-state index < -0.39 is 0 Å². The molecule has 100 valence electrons. The first-order chi connectivity index (χ1) is 8.67. The molecule has 0 fully saturated rings. The van der Waals surface area contributed by atoms with E-state index in [2.05, 4.69) is 0 Å². The third kappa shape index (κ3) is 3.13. The predicted octanol–water partition coefficient (Wildman–Crippen LogP) is 1.16. The van der Waals surface area contributed by atoms with E-state index in [1.165, 1.54) is 7.11 Å². The lowest BCUT2D eigenvalue weighted by atomic mass is 10.1. The van der Waals surface area contributed by atoms with Gasteiger partial charge in [-0.05, 0) is 19.1 Å². The van der Waals surface area contributed by atoms with Crippen LogP contribution in [0.5, 0.6) is 11.5 Å². The number of hydrogen-bond acceptors (Lipinski definition) is 4. The molecule has 0 spiro atoms. The second kappa shape index (κ2) is 6.86. The molecule has 0 saturated carbocycles. The fourth-order valence-corrected chi connectivity index (χ4v) is 1.67. The molecule has 0 aliphatic rings. The monoisotopic (exact) mass is 253 g/mol. The maximum absolute atomic E-state index is 12.2. The molecule has 1 rings (SSSR count). The first-order valence-corrected chi connectivity index (χ1v) is 5.80. The van der Waals surface area contributed by atoms with Gasteiger partial charge in [-0.1, -0.05) is 0 Å². The molecule has 5 nitrogen and oxygen atoms in total. The van der Waals surface area contributed by atoms with Gasteiger partial charge in [0.05, 0.1) is 26.4 Å². The van der Waals surface area contributed by atoms with E-state index in [-0.39, 0.29) is 12.5 Å². The number of aliphatic hydroxyl groups is 1. The normalized spacial score (nSPS) is 10.0. The molecule has 1 aromatic carbocycles. The Hall–Kier alpha value is -1.75. The average molecular weight is 253 g/mol. The van der Waals surface area contributed by atoms with Crippen LogP contribution in [0.1, 0.15) is 17.3 Å². The van der Waals surface area contributed by atoms with Crippen molar-refractivity contribution in [3.63, 3.8) is 0 Å². The third-order valence-electron chi connectivity index (χ3n) is 2.68. The van der Waals surface area contributed by atoms with Gasteiger partial charge in [-0.25, -0.2) is 0 Å². The van der Waals surface area contributed by atoms with Crippen molar-refractivity contribution in [2.45, 2.75) is 6.92 Å². The topological polar surface area (TPSA) is 59.0 Å². The Balaban J connectivity index is 3.03. The standard InChI is InChI=1S/C13H19NO4/c1-4-14(7-8-15)13(16)11-6-5-10(17-2)9-12(11)18-3/h5-6,9,15H,4,7-8H2,1-3H3. The Morgan fingerprint density at radius 3 is 2.56 bits per heavy atom. The molecular formula is C13H19NO4. The molecule has 0 unspecified atom stereocenters. The molecule has 18 heavy (non-hydrogen) atoms. The van der Waals surface area contributed by atoms with Crippen molar-refractivity contribution in [3.8, 4) is 11.5 Å². The zero-order valence-corrected chi connectivity index (χ0v) is 11.0. The molecule has 1 amide bonds. The van der Waals surface area contributed by atoms with Crippen LogP contribution < -0.4 is 9.47 Å². The van der Waals surface area contributed by atoms with Gasteiger partial charge in [0.2, 0.25) is 0 Å². The van der Waals surface area contributed by atoms with Gasteiger partial charge in [0.25, 0.3) is 5.91 Å². The number of carbonyl (C=O) groups is 1. The zero-order valence-electron chi connectivity index (χ0n) is 11.0. The highest BCUT2D eigenvalue weighted by molar-refractivity contribution is 5.97. The number of methoxy groups -OCH3 is 2. The van der Waals surface area contributed by atoms with Gasteiger partial charge in [-0.2, -0.15) is 0 Å². The summed E-state index contributed by atoms with van der Waals surface area (Å²) < 4.78 is 10.3. The molecule has 0 aromatic heterocycles. The minimum atomic E-state index is -0.161. The number of carbonyl (C=O) groups excluding carboxylic acids is 1. The molecule has 0 heterocycles. The quantitative estimate of drug-likeness (QED) is 0.826. The molecule has 1 aromatic rings. The van der Waals surface area contributed by atoms with E-state index in [0.29, 0.717) is 30.2 Å². The third-order valence-corrected chi connectivity index (χ3v) is 2.68. The van der Waals surface area contributed by atoms with Crippen LogP contribution in [-0.4, -0.2) is 49.8 Å². The highest BCUT2D eigenvalue weighted by Crippen LogP contribution is 2.25. The zero-order chi connectivity index (χ0) is 13.5. The molecule has 1 N–H and O–H groups in total. The number of ether oxygens (including phenoxy) is 2. The highest BCUT2D eigenvalue weighted by Gasteiger charge is 2.18. The summed E-state index contributed by atoms with van der Waals surface area (Å²) in [6.45, 7) is 2.65. The summed E-state index contributed by atoms with van der Waals surface area (Å²) in [7, 11) is 3.06. The fraction of sp³-hybridized carbons (Fsp3) is 0.462. The summed E-state index contributed by atoms with van der Waals surface area (Å²) in [5, 5.41) is 8.93. The van der Waals surface area contributed by atoms with Crippen molar-refractivity contribution in [1.29, 1.82) is 0 Å². The van der Waals surface area contributed by atoms with Gasteiger partial charge in [0, 0.05) is 19.2 Å². The van der Waals surface area contributed by atoms with Crippen LogP contribution in [0.3, 0.4) is 0 Å². The molecule has 0 radical (unpaired) electrons. The Kier molecular flexibility index (Phi) is 5.45. The summed E-state index contributed by atoms with van der Waals surface area (Å²) in [6.07, 6.45) is 0. The number of nitrogens with zero attached hydrogens (tertiary/aromatic N) is 1. The van der Waals surface area contributed by atoms with Crippen LogP contribution in [0, 0.1) is 0 Å². The number of amides is 1. The first-order valence-electron chi connectivity index (χ1n) is 5.80. The van der Waals surface area contributed by atoms with Gasteiger partial charge in [0.15, 0.2) is 0 Å². The van der Waals surface area contributed by atoms with E-state index in [1.807, 2.05) is 6.92 Å². The predicted molar refractivity (Wildman–Crippen MR) is 68.2 cm³/mol. The van der Waals surface area contributed by atoms with Crippen LogP contribution in [-0.2, 0) is 0 Å². The largest absolute Gasteiger partial charge is 0.497 e. The second-order valence-electron chi connectivity index (χ2n) is 3.67. The van der Waals surface area contributed by atoms with Crippen LogP contribution in [0.25, 0.3) is 0 Å². The van der Waals surface area contributed by atoms with E-state index in [0.717, 1.165) is 0 Å². The van der Waals surface area contributed by atoms with Crippen molar-refractivity contribution in [2.75, 3.05) is 33.9 Å². The van der Waals surface area contributed by atoms with Crippen molar-refractivity contribution < 1.29 is 19.4 Å². The van der Waals surface area contributed by atoms with Crippen LogP contribution in [0.4, 0.5) is 0 Å². The van der Waals surface area contributed by atoms with Gasteiger partial charge in [0.1, 0.15) is 11.5 Å². The maximum Gasteiger partial charge on any atom is 0.257 e. The minimum Gasteiger partial charge on any atom is -0.497 e. The van der Waals surface area contributed by atoms with Crippen molar-refractivity contribution in [3.05, 3.63) is 23.8 Å². The minimum absolute atomic E-state index is 0.0575. The Morgan fingerprint density at radius 1 is 1.33 bits per heavy atom. The molecule has 0 aliphatic heterocycles. The van der Waals surface area contributed by atoms with Gasteiger partial charge < -0.3 is 19.5 Å². The van der Waals surface area contributed by atoms with Crippen LogP contribution >= 0.6 is 0 Å². The Labute approximate surface area is 107 Å². The van der Waals surface area contributed by atoms with E-state index >= 15 is 0 Å². The van der Waals surface area contributed by atoms with E-state index in [4.69, 9.17) is 14.6 Å². The number of aliphatic hydroxyl groups excluding tert-OH is 1. The van der Waals surface area contributed by atoms with E-state index in [1.54, 1.807) is 30.2 Å². The van der Waals surface area contributed by atoms with Crippen LogP contribution in [0.2, 0.25) is 0 Å². The Bertz CT molecular complexity index is 406. The first kappa shape index (κ1) is 14.3. The summed E-state index contributed by atoms with van der Waals surface area (Å²) in [6, 6.07) is 5.04. The maximum atomic E-state index is 12.2. The van der Waals surface area contributed by atoms with Crippen LogP contribution in [0.15, 0.2) is 18.2 Å². The Morgan fingerprint density at radius 2 is 2.06 bits per heavy atom. The summed E-state index contributed by atoms with van der Waals surface area (Å²) in [5.74, 6) is 0.940. The average Bonchev–Trinajstić information content (AvgIpc) is 2.43.